The Kier molecular flexibility index (Phi) is 6.66. The largest absolute Gasteiger partial charge is 0.356 e. The molecule has 28 heavy (non-hydrogen) atoms. The van der Waals surface area contributed by atoms with Crippen molar-refractivity contribution in [1.29, 1.82) is 0 Å². The number of imide groups is 1. The summed E-state index contributed by atoms with van der Waals surface area (Å²) in [6.07, 6.45) is 1.16. The number of nitrogens with zero attached hydrogens (tertiary/aromatic N) is 1. The summed E-state index contributed by atoms with van der Waals surface area (Å²) < 4.78 is 0. The lowest BCUT2D eigenvalue weighted by molar-refractivity contribution is -0.128. The lowest BCUT2D eigenvalue weighted by atomic mass is 10.1. The van der Waals surface area contributed by atoms with Gasteiger partial charge in [-0.15, -0.1) is 0 Å². The van der Waals surface area contributed by atoms with Crippen LogP contribution in [0.3, 0.4) is 0 Å². The van der Waals surface area contributed by atoms with Crippen LogP contribution in [-0.2, 0) is 22.6 Å². The van der Waals surface area contributed by atoms with Gasteiger partial charge in [0.15, 0.2) is 0 Å². The summed E-state index contributed by atoms with van der Waals surface area (Å²) in [4.78, 5) is 37.8. The highest BCUT2D eigenvalue weighted by Crippen LogP contribution is 2.15. The first-order valence-corrected chi connectivity index (χ1v) is 9.57. The standard InChI is InChI=1S/C21H22ClN3O3/c22-17-8-6-15(7-9-17)12-13-23-19(26)11-10-18-20(27)25(21(28)24-18)14-16-4-2-1-3-5-16/h1-9,18H,10-14H2,(H,23,26)(H,24,28). The van der Waals surface area contributed by atoms with Crippen molar-refractivity contribution in [2.75, 3.05) is 6.54 Å². The molecule has 2 aromatic rings. The maximum Gasteiger partial charge on any atom is 0.325 e. The highest BCUT2D eigenvalue weighted by Gasteiger charge is 2.37. The Hall–Kier alpha value is -2.86. The van der Waals surface area contributed by atoms with Gasteiger partial charge in [0, 0.05) is 18.0 Å². The molecular formula is C21H22ClN3O3. The molecule has 0 spiro atoms. The fraction of sp³-hybridized carbons (Fsp3) is 0.286. The fourth-order valence-corrected chi connectivity index (χ4v) is 3.18. The molecule has 3 rings (SSSR count). The van der Waals surface area contributed by atoms with Crippen LogP contribution in [0, 0.1) is 0 Å². The van der Waals surface area contributed by atoms with Gasteiger partial charge < -0.3 is 10.6 Å². The summed E-state index contributed by atoms with van der Waals surface area (Å²) in [5.74, 6) is -0.430. The smallest absolute Gasteiger partial charge is 0.325 e. The van der Waals surface area contributed by atoms with Crippen LogP contribution >= 0.6 is 11.6 Å². The van der Waals surface area contributed by atoms with Crippen molar-refractivity contribution in [2.45, 2.75) is 31.8 Å². The minimum Gasteiger partial charge on any atom is -0.356 e. The Morgan fingerprint density at radius 2 is 1.75 bits per heavy atom. The van der Waals surface area contributed by atoms with Crippen LogP contribution in [0.15, 0.2) is 54.6 Å². The van der Waals surface area contributed by atoms with Crippen LogP contribution < -0.4 is 10.6 Å². The van der Waals surface area contributed by atoms with Crippen molar-refractivity contribution >= 4 is 29.4 Å². The second-order valence-electron chi connectivity index (χ2n) is 6.68. The van der Waals surface area contributed by atoms with Gasteiger partial charge in [-0.25, -0.2) is 4.79 Å². The Bertz CT molecular complexity index is 840. The summed E-state index contributed by atoms with van der Waals surface area (Å²) in [5, 5.41) is 6.18. The zero-order chi connectivity index (χ0) is 19.9. The van der Waals surface area contributed by atoms with Gasteiger partial charge in [-0.1, -0.05) is 54.1 Å². The number of halogens is 1. The minimum atomic E-state index is -0.654. The van der Waals surface area contributed by atoms with E-state index in [1.165, 1.54) is 4.90 Å². The third-order valence-electron chi connectivity index (χ3n) is 4.60. The number of rotatable bonds is 8. The monoisotopic (exact) mass is 399 g/mol. The van der Waals surface area contributed by atoms with Crippen molar-refractivity contribution in [2.24, 2.45) is 0 Å². The van der Waals surface area contributed by atoms with Crippen molar-refractivity contribution in [3.63, 3.8) is 0 Å². The van der Waals surface area contributed by atoms with Gasteiger partial charge in [0.2, 0.25) is 5.91 Å². The molecule has 2 N–H and O–H groups in total. The zero-order valence-electron chi connectivity index (χ0n) is 15.4. The second-order valence-corrected chi connectivity index (χ2v) is 7.11. The van der Waals surface area contributed by atoms with Gasteiger partial charge in [-0.2, -0.15) is 0 Å². The number of hydrogen-bond acceptors (Lipinski definition) is 3. The topological polar surface area (TPSA) is 78.5 Å². The molecule has 1 atom stereocenters. The zero-order valence-corrected chi connectivity index (χ0v) is 16.1. The predicted octanol–water partition coefficient (Wildman–Crippen LogP) is 2.90. The highest BCUT2D eigenvalue weighted by atomic mass is 35.5. The summed E-state index contributed by atoms with van der Waals surface area (Å²) in [6.45, 7) is 0.737. The molecule has 1 heterocycles. The molecule has 4 amide bonds. The third kappa shape index (κ3) is 5.33. The molecule has 2 aromatic carbocycles. The number of carbonyl (C=O) groups is 3. The first kappa shape index (κ1) is 19.9. The van der Waals surface area contributed by atoms with Gasteiger partial charge >= 0.3 is 6.03 Å². The number of benzene rings is 2. The quantitative estimate of drug-likeness (QED) is 0.670. The molecule has 1 aliphatic rings. The van der Waals surface area contributed by atoms with E-state index in [0.29, 0.717) is 18.0 Å². The Labute approximate surface area is 168 Å². The van der Waals surface area contributed by atoms with Crippen LogP contribution in [0.1, 0.15) is 24.0 Å². The van der Waals surface area contributed by atoms with E-state index in [9.17, 15) is 14.4 Å². The van der Waals surface area contributed by atoms with Crippen LogP contribution in [0.2, 0.25) is 5.02 Å². The number of urea groups is 1. The molecule has 146 valence electrons. The molecule has 1 aliphatic heterocycles. The van der Waals surface area contributed by atoms with Crippen LogP contribution in [0.4, 0.5) is 4.79 Å². The SMILES string of the molecule is O=C(CCC1NC(=O)N(Cc2ccccc2)C1=O)NCCc1ccc(Cl)cc1. The van der Waals surface area contributed by atoms with E-state index < -0.39 is 12.1 Å². The Morgan fingerprint density at radius 3 is 2.46 bits per heavy atom. The third-order valence-corrected chi connectivity index (χ3v) is 4.85. The van der Waals surface area contributed by atoms with E-state index >= 15 is 0 Å². The summed E-state index contributed by atoms with van der Waals surface area (Å²) >= 11 is 5.85. The molecule has 1 saturated heterocycles. The number of amides is 4. The van der Waals surface area contributed by atoms with Crippen molar-refractivity contribution in [3.05, 3.63) is 70.7 Å². The maximum absolute atomic E-state index is 12.5. The molecule has 1 fully saturated rings. The average Bonchev–Trinajstić information content (AvgIpc) is 2.96. The van der Waals surface area contributed by atoms with Gasteiger partial charge in [0.25, 0.3) is 5.91 Å². The maximum atomic E-state index is 12.5. The van der Waals surface area contributed by atoms with E-state index in [0.717, 1.165) is 11.1 Å². The number of hydrogen-bond donors (Lipinski definition) is 2. The first-order valence-electron chi connectivity index (χ1n) is 9.20. The summed E-state index contributed by atoms with van der Waals surface area (Å²) in [7, 11) is 0. The van der Waals surface area contributed by atoms with Crippen molar-refractivity contribution in [1.82, 2.24) is 15.5 Å². The van der Waals surface area contributed by atoms with Gasteiger partial charge in [0.05, 0.1) is 6.54 Å². The molecule has 0 aromatic heterocycles. The van der Waals surface area contributed by atoms with Gasteiger partial charge in [-0.3, -0.25) is 14.5 Å². The van der Waals surface area contributed by atoms with Gasteiger partial charge in [-0.05, 0) is 36.1 Å². The normalized spacial score (nSPS) is 16.2. The molecule has 0 aliphatic carbocycles. The molecule has 0 radical (unpaired) electrons. The Morgan fingerprint density at radius 1 is 1.04 bits per heavy atom. The minimum absolute atomic E-state index is 0.141. The number of carbonyl (C=O) groups excluding carboxylic acids is 3. The summed E-state index contributed by atoms with van der Waals surface area (Å²) in [6, 6.07) is 15.7. The van der Waals surface area contributed by atoms with Crippen molar-refractivity contribution in [3.8, 4) is 0 Å². The molecule has 1 unspecified atom stereocenters. The molecular weight excluding hydrogens is 378 g/mol. The van der Waals surface area contributed by atoms with E-state index in [2.05, 4.69) is 10.6 Å². The average molecular weight is 400 g/mol. The van der Waals surface area contributed by atoms with Crippen LogP contribution in [0.5, 0.6) is 0 Å². The second kappa shape index (κ2) is 9.37. The number of nitrogens with one attached hydrogen (secondary N) is 2. The highest BCUT2D eigenvalue weighted by molar-refractivity contribution is 6.30. The molecule has 7 heteroatoms. The summed E-state index contributed by atoms with van der Waals surface area (Å²) in [5.41, 5.74) is 1.96. The van der Waals surface area contributed by atoms with E-state index in [4.69, 9.17) is 11.6 Å². The molecule has 0 saturated carbocycles. The molecule has 6 nitrogen and oxygen atoms in total. The van der Waals surface area contributed by atoms with Crippen LogP contribution in [-0.4, -0.2) is 35.3 Å². The fourth-order valence-electron chi connectivity index (χ4n) is 3.05. The lowest BCUT2D eigenvalue weighted by Gasteiger charge is -2.13. The predicted molar refractivity (Wildman–Crippen MR) is 107 cm³/mol. The van der Waals surface area contributed by atoms with Crippen LogP contribution in [0.25, 0.3) is 0 Å². The van der Waals surface area contributed by atoms with Gasteiger partial charge in [0.1, 0.15) is 6.04 Å². The Balaban J connectivity index is 1.41. The first-order chi connectivity index (χ1) is 13.5. The van der Waals surface area contributed by atoms with Crippen molar-refractivity contribution < 1.29 is 14.4 Å². The van der Waals surface area contributed by atoms with E-state index in [1.54, 1.807) is 0 Å². The van der Waals surface area contributed by atoms with E-state index in [1.807, 2.05) is 54.6 Å². The molecule has 0 bridgehead atoms. The van der Waals surface area contributed by atoms with E-state index in [-0.39, 0.29) is 31.2 Å². The lowest BCUT2D eigenvalue weighted by Crippen LogP contribution is -2.33.